The number of rotatable bonds is 4. The Kier molecular flexibility index (Phi) is 4.71. The zero-order valence-electron chi connectivity index (χ0n) is 11.1. The summed E-state index contributed by atoms with van der Waals surface area (Å²) in [6.45, 7) is 1.40. The van der Waals surface area contributed by atoms with Gasteiger partial charge in [-0.2, -0.15) is 0 Å². The SMILES string of the molecule is COc1cc(NC(=O)c2nnc(Cl)s2)ccc1NC(C)=O. The number of nitrogens with zero attached hydrogens (tertiary/aromatic N) is 2. The average Bonchev–Trinajstić information content (AvgIpc) is 2.86. The van der Waals surface area contributed by atoms with Gasteiger partial charge in [-0.05, 0) is 23.7 Å². The van der Waals surface area contributed by atoms with Gasteiger partial charge < -0.3 is 15.4 Å². The monoisotopic (exact) mass is 326 g/mol. The first kappa shape index (κ1) is 15.2. The van der Waals surface area contributed by atoms with Gasteiger partial charge >= 0.3 is 0 Å². The van der Waals surface area contributed by atoms with Crippen LogP contribution in [0.2, 0.25) is 4.47 Å². The largest absolute Gasteiger partial charge is 0.494 e. The summed E-state index contributed by atoms with van der Waals surface area (Å²) in [6.07, 6.45) is 0. The molecule has 0 radical (unpaired) electrons. The molecule has 1 aromatic carbocycles. The second-order valence-corrected chi connectivity index (χ2v) is 5.47. The van der Waals surface area contributed by atoms with Crippen LogP contribution in [0, 0.1) is 0 Å². The molecule has 0 spiro atoms. The van der Waals surface area contributed by atoms with Crippen LogP contribution in [0.3, 0.4) is 0 Å². The van der Waals surface area contributed by atoms with E-state index in [0.29, 0.717) is 17.1 Å². The van der Waals surface area contributed by atoms with Crippen LogP contribution in [0.1, 0.15) is 16.7 Å². The van der Waals surface area contributed by atoms with Crippen LogP contribution in [0.25, 0.3) is 0 Å². The van der Waals surface area contributed by atoms with Crippen LogP contribution >= 0.6 is 22.9 Å². The van der Waals surface area contributed by atoms with Gasteiger partial charge in [-0.15, -0.1) is 10.2 Å². The summed E-state index contributed by atoms with van der Waals surface area (Å²) in [7, 11) is 1.47. The summed E-state index contributed by atoms with van der Waals surface area (Å²) in [5, 5.41) is 12.6. The van der Waals surface area contributed by atoms with Gasteiger partial charge in [0.25, 0.3) is 5.91 Å². The van der Waals surface area contributed by atoms with E-state index in [1.807, 2.05) is 0 Å². The van der Waals surface area contributed by atoms with Crippen LogP contribution in [0.5, 0.6) is 5.75 Å². The highest BCUT2D eigenvalue weighted by Gasteiger charge is 2.13. The van der Waals surface area contributed by atoms with Crippen molar-refractivity contribution in [2.75, 3.05) is 17.7 Å². The molecule has 0 aliphatic rings. The number of carbonyl (C=O) groups is 2. The normalized spacial score (nSPS) is 10.0. The number of carbonyl (C=O) groups excluding carboxylic acids is 2. The molecule has 0 unspecified atom stereocenters. The summed E-state index contributed by atoms with van der Waals surface area (Å²) < 4.78 is 5.36. The van der Waals surface area contributed by atoms with E-state index >= 15 is 0 Å². The van der Waals surface area contributed by atoms with Crippen molar-refractivity contribution in [3.63, 3.8) is 0 Å². The van der Waals surface area contributed by atoms with Crippen molar-refractivity contribution >= 4 is 46.1 Å². The average molecular weight is 327 g/mol. The molecule has 21 heavy (non-hydrogen) atoms. The van der Waals surface area contributed by atoms with Crippen LogP contribution < -0.4 is 15.4 Å². The number of halogens is 1. The Bertz CT molecular complexity index is 689. The van der Waals surface area contributed by atoms with Crippen LogP contribution in [0.4, 0.5) is 11.4 Å². The highest BCUT2D eigenvalue weighted by molar-refractivity contribution is 7.17. The first-order valence-corrected chi connectivity index (χ1v) is 6.95. The Morgan fingerprint density at radius 3 is 2.62 bits per heavy atom. The van der Waals surface area contributed by atoms with Crippen LogP contribution in [0.15, 0.2) is 18.2 Å². The minimum Gasteiger partial charge on any atom is -0.494 e. The van der Waals surface area contributed by atoms with Gasteiger partial charge in [0.2, 0.25) is 15.4 Å². The van der Waals surface area contributed by atoms with E-state index in [2.05, 4.69) is 20.8 Å². The minimum atomic E-state index is -0.422. The fourth-order valence-corrected chi connectivity index (χ4v) is 2.27. The molecule has 2 aromatic rings. The van der Waals surface area contributed by atoms with E-state index in [1.54, 1.807) is 18.2 Å². The van der Waals surface area contributed by atoms with E-state index in [-0.39, 0.29) is 15.4 Å². The maximum Gasteiger partial charge on any atom is 0.286 e. The van der Waals surface area contributed by atoms with Gasteiger partial charge in [0.1, 0.15) is 5.75 Å². The molecule has 0 aliphatic heterocycles. The van der Waals surface area contributed by atoms with Crippen molar-refractivity contribution < 1.29 is 14.3 Å². The van der Waals surface area contributed by atoms with Gasteiger partial charge in [0.05, 0.1) is 12.8 Å². The first-order chi connectivity index (χ1) is 9.99. The summed E-state index contributed by atoms with van der Waals surface area (Å²) in [5.74, 6) is -0.208. The van der Waals surface area contributed by atoms with Gasteiger partial charge in [0, 0.05) is 18.7 Å². The lowest BCUT2D eigenvalue weighted by Crippen LogP contribution is -2.12. The molecule has 2 rings (SSSR count). The third-order valence-corrected chi connectivity index (χ3v) is 3.38. The maximum absolute atomic E-state index is 11.9. The van der Waals surface area contributed by atoms with E-state index in [0.717, 1.165) is 11.3 Å². The molecule has 0 aliphatic carbocycles. The lowest BCUT2D eigenvalue weighted by atomic mass is 10.2. The number of hydrogen-bond acceptors (Lipinski definition) is 6. The standard InChI is InChI=1S/C12H11ClN4O3S/c1-6(18)14-8-4-3-7(5-9(8)20-2)15-10(19)11-16-17-12(13)21-11/h3-5H,1-2H3,(H,14,18)(H,15,19). The fraction of sp³-hybridized carbons (Fsp3) is 0.167. The van der Waals surface area contributed by atoms with Gasteiger partial charge in [-0.3, -0.25) is 9.59 Å². The number of methoxy groups -OCH3 is 1. The molecule has 0 bridgehead atoms. The van der Waals surface area contributed by atoms with Crippen molar-refractivity contribution in [3.8, 4) is 5.75 Å². The molecule has 0 saturated carbocycles. The second kappa shape index (κ2) is 6.51. The van der Waals surface area contributed by atoms with Crippen molar-refractivity contribution in [1.29, 1.82) is 0 Å². The first-order valence-electron chi connectivity index (χ1n) is 5.75. The Labute approximate surface area is 129 Å². The molecule has 0 fully saturated rings. The van der Waals surface area contributed by atoms with E-state index in [9.17, 15) is 9.59 Å². The molecule has 9 heteroatoms. The maximum atomic E-state index is 11.9. The number of ether oxygens (including phenoxy) is 1. The van der Waals surface area contributed by atoms with E-state index in [1.165, 1.54) is 14.0 Å². The van der Waals surface area contributed by atoms with Gasteiger partial charge in [0.15, 0.2) is 0 Å². The molecular weight excluding hydrogens is 316 g/mol. The highest BCUT2D eigenvalue weighted by atomic mass is 35.5. The minimum absolute atomic E-state index is 0.157. The lowest BCUT2D eigenvalue weighted by Gasteiger charge is -2.11. The van der Waals surface area contributed by atoms with Gasteiger partial charge in [-0.25, -0.2) is 0 Å². The molecule has 1 aromatic heterocycles. The Balaban J connectivity index is 2.17. The Morgan fingerprint density at radius 2 is 2.05 bits per heavy atom. The fourth-order valence-electron chi connectivity index (χ4n) is 1.54. The predicted molar refractivity (Wildman–Crippen MR) is 80.2 cm³/mol. The third-order valence-electron chi connectivity index (χ3n) is 2.36. The highest BCUT2D eigenvalue weighted by Crippen LogP contribution is 2.28. The van der Waals surface area contributed by atoms with Crippen LogP contribution in [-0.4, -0.2) is 29.1 Å². The molecule has 0 atom stereocenters. The Morgan fingerprint density at radius 1 is 1.29 bits per heavy atom. The van der Waals surface area contributed by atoms with Crippen molar-refractivity contribution in [2.45, 2.75) is 6.92 Å². The van der Waals surface area contributed by atoms with E-state index in [4.69, 9.17) is 16.3 Å². The number of amides is 2. The predicted octanol–water partition coefficient (Wildman–Crippen LogP) is 2.41. The van der Waals surface area contributed by atoms with Crippen LogP contribution in [-0.2, 0) is 4.79 Å². The smallest absolute Gasteiger partial charge is 0.286 e. The number of nitrogens with one attached hydrogen (secondary N) is 2. The molecule has 7 nitrogen and oxygen atoms in total. The van der Waals surface area contributed by atoms with Crippen molar-refractivity contribution in [2.24, 2.45) is 0 Å². The zero-order valence-corrected chi connectivity index (χ0v) is 12.7. The number of benzene rings is 1. The summed E-state index contributed by atoms with van der Waals surface area (Å²) >= 11 is 6.61. The second-order valence-electron chi connectivity index (χ2n) is 3.91. The summed E-state index contributed by atoms with van der Waals surface area (Å²) in [4.78, 5) is 23.0. The lowest BCUT2D eigenvalue weighted by molar-refractivity contribution is -0.114. The topological polar surface area (TPSA) is 93.2 Å². The number of anilines is 2. The summed E-state index contributed by atoms with van der Waals surface area (Å²) in [5.41, 5.74) is 1.01. The summed E-state index contributed by atoms with van der Waals surface area (Å²) in [6, 6.07) is 4.85. The Hall–Kier alpha value is -2.19. The number of hydrogen-bond donors (Lipinski definition) is 2. The molecule has 110 valence electrons. The number of aromatic nitrogens is 2. The molecular formula is C12H11ClN4O3S. The van der Waals surface area contributed by atoms with E-state index < -0.39 is 5.91 Å². The third kappa shape index (κ3) is 3.89. The molecule has 1 heterocycles. The van der Waals surface area contributed by atoms with Crippen molar-refractivity contribution in [3.05, 3.63) is 27.7 Å². The quantitative estimate of drug-likeness (QED) is 0.900. The molecule has 2 N–H and O–H groups in total. The molecule has 2 amide bonds. The zero-order chi connectivity index (χ0) is 15.4. The van der Waals surface area contributed by atoms with Gasteiger partial charge in [-0.1, -0.05) is 11.3 Å². The molecule has 0 saturated heterocycles. The van der Waals surface area contributed by atoms with Crippen molar-refractivity contribution in [1.82, 2.24) is 10.2 Å².